The van der Waals surface area contributed by atoms with Crippen molar-refractivity contribution >= 4 is 21.8 Å². The number of para-hydroxylation sites is 1. The van der Waals surface area contributed by atoms with Gasteiger partial charge in [0.1, 0.15) is 0 Å². The third-order valence-electron chi connectivity index (χ3n) is 20.9. The quantitative estimate of drug-likeness (QED) is 0.137. The third-order valence-corrected chi connectivity index (χ3v) is 20.9. The molecular weight excluding hydrogens is 885 g/mol. The van der Waals surface area contributed by atoms with E-state index in [2.05, 4.69) is 193 Å². The minimum Gasteiger partial charge on any atom is -0.309 e. The molecule has 4 fully saturated rings. The van der Waals surface area contributed by atoms with Crippen molar-refractivity contribution in [2.45, 2.75) is 137 Å². The van der Waals surface area contributed by atoms with Crippen LogP contribution < -0.4 is 0 Å². The Bertz CT molecular complexity index is 3360. The van der Waals surface area contributed by atoms with Gasteiger partial charge in [-0.1, -0.05) is 177 Å². The number of fused-ring (bicyclic) bond motifs is 11. The van der Waals surface area contributed by atoms with E-state index in [1.807, 2.05) is 0 Å². The fourth-order valence-electron chi connectivity index (χ4n) is 17.1. The van der Waals surface area contributed by atoms with Crippen molar-refractivity contribution in [1.29, 1.82) is 0 Å². The van der Waals surface area contributed by atoms with Gasteiger partial charge in [0, 0.05) is 38.6 Å². The average molecular weight is 961 g/mol. The third kappa shape index (κ3) is 7.68. The number of hydrogen-bond donors (Lipinski definition) is 0. The average Bonchev–Trinajstić information content (AvgIpc) is 4.02. The van der Waals surface area contributed by atoms with E-state index in [1.165, 1.54) is 127 Å². The Balaban J connectivity index is 0.778. The summed E-state index contributed by atoms with van der Waals surface area (Å²) < 4.78 is 2.44. The minimum absolute atomic E-state index is 0.100. The zero-order chi connectivity index (χ0) is 49.8. The molecule has 4 heteroatoms. The molecule has 0 amide bonds. The second kappa shape index (κ2) is 17.9. The Kier molecular flexibility index (Phi) is 11.5. The van der Waals surface area contributed by atoms with Crippen LogP contribution in [0.3, 0.4) is 0 Å². The first-order chi connectivity index (χ1) is 35.4. The van der Waals surface area contributed by atoms with E-state index >= 15 is 0 Å². The highest BCUT2D eigenvalue weighted by Gasteiger charge is 2.60. The number of nitrogens with zero attached hydrogens (tertiary/aromatic N) is 4. The fraction of sp³-hybridized carbons (Fsp3) is 0.435. The lowest BCUT2D eigenvalue weighted by molar-refractivity contribution is -0.117. The summed E-state index contributed by atoms with van der Waals surface area (Å²) in [5.74, 6) is 8.96. The highest BCUT2D eigenvalue weighted by molar-refractivity contribution is 6.11. The summed E-state index contributed by atoms with van der Waals surface area (Å²) in [7, 11) is 0. The Morgan fingerprint density at radius 1 is 0.534 bits per heavy atom. The van der Waals surface area contributed by atoms with Gasteiger partial charge in [-0.2, -0.15) is 0 Å². The molecule has 0 spiro atoms. The van der Waals surface area contributed by atoms with Gasteiger partial charge < -0.3 is 4.57 Å². The summed E-state index contributed by atoms with van der Waals surface area (Å²) in [6.45, 7) is 17.7. The summed E-state index contributed by atoms with van der Waals surface area (Å²) in [6.07, 6.45) is 17.1. The topological polar surface area (TPSA) is 43.6 Å². The van der Waals surface area contributed by atoms with Crippen LogP contribution in [0.15, 0.2) is 140 Å². The van der Waals surface area contributed by atoms with Gasteiger partial charge in [0.05, 0.1) is 11.0 Å². The summed E-state index contributed by atoms with van der Waals surface area (Å²) >= 11 is 0. The molecule has 4 nitrogen and oxygen atoms in total. The predicted molar refractivity (Wildman–Crippen MR) is 304 cm³/mol. The van der Waals surface area contributed by atoms with Gasteiger partial charge in [0.2, 0.25) is 0 Å². The van der Waals surface area contributed by atoms with Gasteiger partial charge in [-0.3, -0.25) is 0 Å². The molecule has 4 saturated carbocycles. The van der Waals surface area contributed by atoms with Crippen LogP contribution in [0.2, 0.25) is 0 Å². The van der Waals surface area contributed by atoms with E-state index in [1.54, 1.807) is 0 Å². The van der Waals surface area contributed by atoms with Crippen LogP contribution in [0.4, 0.5) is 0 Å². The second-order valence-corrected chi connectivity index (χ2v) is 25.4. The second-order valence-electron chi connectivity index (χ2n) is 25.4. The van der Waals surface area contributed by atoms with Gasteiger partial charge in [-0.25, -0.2) is 15.0 Å². The molecular formula is C69H76N4. The first-order valence-corrected chi connectivity index (χ1v) is 28.6. The summed E-state index contributed by atoms with van der Waals surface area (Å²) in [4.78, 5) is 15.7. The Morgan fingerprint density at radius 3 is 2.01 bits per heavy atom. The lowest BCUT2D eigenvalue weighted by Gasteiger charge is -2.61. The van der Waals surface area contributed by atoms with Crippen molar-refractivity contribution in [3.8, 4) is 51.0 Å². The fourth-order valence-corrected chi connectivity index (χ4v) is 17.1. The van der Waals surface area contributed by atoms with Crippen molar-refractivity contribution in [2.75, 3.05) is 0 Å². The van der Waals surface area contributed by atoms with Gasteiger partial charge in [0.25, 0.3) is 0 Å². The monoisotopic (exact) mass is 961 g/mol. The Morgan fingerprint density at radius 2 is 1.22 bits per heavy atom. The number of rotatable bonds is 10. The first kappa shape index (κ1) is 46.9. The maximum atomic E-state index is 5.31. The molecule has 5 aliphatic carbocycles. The maximum Gasteiger partial charge on any atom is 0.164 e. The van der Waals surface area contributed by atoms with Crippen molar-refractivity contribution < 1.29 is 0 Å². The molecule has 0 bridgehead atoms. The lowest BCUT2D eigenvalue weighted by Crippen LogP contribution is -2.53. The van der Waals surface area contributed by atoms with Gasteiger partial charge >= 0.3 is 0 Å². The normalized spacial score (nSPS) is 27.3. The van der Waals surface area contributed by atoms with Crippen LogP contribution in [-0.2, 0) is 5.41 Å². The molecule has 1 unspecified atom stereocenters. The van der Waals surface area contributed by atoms with E-state index in [0.29, 0.717) is 34.2 Å². The van der Waals surface area contributed by atoms with E-state index in [4.69, 9.17) is 15.0 Å². The minimum atomic E-state index is -0.100. The molecule has 8 aromatic rings. The first-order valence-electron chi connectivity index (χ1n) is 28.6. The molecule has 0 N–H and O–H groups in total. The van der Waals surface area contributed by atoms with Crippen LogP contribution >= 0.6 is 0 Å². The van der Waals surface area contributed by atoms with Crippen molar-refractivity contribution in [3.63, 3.8) is 0 Å². The SMILES string of the molecule is CC(C)CCC[C@@H](C)[C@H]1CC[C@H]2[C@@H]3CC[C@H]4CC(c5ccc(-c6nc(-c7ccccc7)nc(-c7cccc(-n8c9ccccc9c9cc%10c(cc98)C(C)(C)c8ccccc8-%10)c7)n6)cc5)CC[C@]4(C)[C@H]3CC[C@]12C. The highest BCUT2D eigenvalue weighted by Crippen LogP contribution is 2.69. The van der Waals surface area contributed by atoms with E-state index in [-0.39, 0.29) is 5.41 Å². The van der Waals surface area contributed by atoms with E-state index in [9.17, 15) is 0 Å². The summed E-state index contributed by atoms with van der Waals surface area (Å²) in [5.41, 5.74) is 14.4. The van der Waals surface area contributed by atoms with Gasteiger partial charge in [-0.15, -0.1) is 0 Å². The molecule has 2 heterocycles. The highest BCUT2D eigenvalue weighted by atomic mass is 15.0. The van der Waals surface area contributed by atoms with Crippen LogP contribution in [-0.4, -0.2) is 19.5 Å². The van der Waals surface area contributed by atoms with Gasteiger partial charge in [-0.05, 0) is 174 Å². The van der Waals surface area contributed by atoms with Crippen molar-refractivity contribution in [2.24, 2.45) is 52.3 Å². The zero-order valence-corrected chi connectivity index (χ0v) is 44.7. The molecule has 0 aliphatic heterocycles. The molecule has 5 aliphatic rings. The van der Waals surface area contributed by atoms with Crippen LogP contribution in [0.5, 0.6) is 0 Å². The van der Waals surface area contributed by atoms with Gasteiger partial charge in [0.15, 0.2) is 17.5 Å². The van der Waals surface area contributed by atoms with Crippen LogP contribution in [0, 0.1) is 52.3 Å². The maximum absolute atomic E-state index is 5.31. The smallest absolute Gasteiger partial charge is 0.164 e. The number of aromatic nitrogens is 4. The van der Waals surface area contributed by atoms with Crippen molar-refractivity contribution in [1.82, 2.24) is 19.5 Å². The lowest BCUT2D eigenvalue weighted by atomic mass is 9.43. The zero-order valence-electron chi connectivity index (χ0n) is 44.7. The van der Waals surface area contributed by atoms with Crippen LogP contribution in [0.1, 0.15) is 148 Å². The molecule has 372 valence electrons. The molecule has 13 rings (SSSR count). The van der Waals surface area contributed by atoms with Crippen LogP contribution in [0.25, 0.3) is 72.8 Å². The molecule has 9 atom stereocenters. The number of benzene rings is 6. The predicted octanol–water partition coefficient (Wildman–Crippen LogP) is 18.5. The molecule has 73 heavy (non-hydrogen) atoms. The summed E-state index contributed by atoms with van der Waals surface area (Å²) in [5, 5.41) is 2.53. The Hall–Kier alpha value is -5.87. The standard InChI is InChI=1S/C69H76N4/c1-43(2)17-15-18-44(3)57-33-34-59-54-32-31-50-39-48(35-37-68(50,6)60(54)36-38-69(57,59)7)45-27-29-47(30-28-45)65-70-64(46-19-9-8-10-20-46)71-66(72-65)49-21-16-22-51(40-49)73-62-26-14-12-24-53(62)56-41-55-52-23-11-13-25-58(52)67(4,5)61(55)42-63(56)73/h8-14,16,19-30,40-44,48,50,54,57,59-60H,15,17-18,31-39H2,1-7H3/t44-,48?,50+,54+,57-,59+,60+,68+,69-/m1/s1. The molecule has 6 aromatic carbocycles. The van der Waals surface area contributed by atoms with Crippen molar-refractivity contribution in [3.05, 3.63) is 156 Å². The number of hydrogen-bond acceptors (Lipinski definition) is 3. The molecule has 0 saturated heterocycles. The largest absolute Gasteiger partial charge is 0.309 e. The summed E-state index contributed by atoms with van der Waals surface area (Å²) in [6, 6.07) is 51.3. The van der Waals surface area contributed by atoms with E-state index < -0.39 is 0 Å². The Labute approximate surface area is 435 Å². The molecule has 0 radical (unpaired) electrons. The molecule has 2 aromatic heterocycles. The van der Waals surface area contributed by atoms with E-state index in [0.717, 1.165) is 63.8 Å².